The van der Waals surface area contributed by atoms with Crippen molar-refractivity contribution >= 4 is 11.8 Å². The van der Waals surface area contributed by atoms with E-state index in [9.17, 15) is 0 Å². The van der Waals surface area contributed by atoms with Crippen LogP contribution in [0, 0.1) is 11.3 Å². The minimum atomic E-state index is 0.146. The van der Waals surface area contributed by atoms with Gasteiger partial charge < -0.3 is 0 Å². The van der Waals surface area contributed by atoms with Crippen LogP contribution < -0.4 is 0 Å². The van der Waals surface area contributed by atoms with E-state index in [0.717, 1.165) is 39.0 Å². The third-order valence-corrected chi connectivity index (χ3v) is 3.76. The molecule has 0 amide bonds. The van der Waals surface area contributed by atoms with Crippen molar-refractivity contribution < 1.29 is 0 Å². The Kier molecular flexibility index (Phi) is 6.86. The molecule has 1 unspecified atom stereocenters. The Hall–Kier alpha value is -0.240. The molecule has 0 aliphatic carbocycles. The van der Waals surface area contributed by atoms with Gasteiger partial charge in [0.1, 0.15) is 0 Å². The quantitative estimate of drug-likeness (QED) is 0.707. The maximum Gasteiger partial charge on any atom is 0.0978 e. The normalized spacial score (nSPS) is 20.6. The molecule has 0 bridgehead atoms. The van der Waals surface area contributed by atoms with Crippen molar-refractivity contribution in [3.05, 3.63) is 0 Å². The van der Waals surface area contributed by atoms with E-state index in [1.165, 1.54) is 12.3 Å². The molecular formula is C12H23N3S. The highest BCUT2D eigenvalue weighted by atomic mass is 32.2. The van der Waals surface area contributed by atoms with Crippen LogP contribution in [0.5, 0.6) is 0 Å². The van der Waals surface area contributed by atoms with Gasteiger partial charge in [-0.1, -0.05) is 13.3 Å². The van der Waals surface area contributed by atoms with Crippen LogP contribution in [0.4, 0.5) is 0 Å². The van der Waals surface area contributed by atoms with E-state index >= 15 is 0 Å². The summed E-state index contributed by atoms with van der Waals surface area (Å²) in [7, 11) is 0. The van der Waals surface area contributed by atoms with E-state index in [0.29, 0.717) is 0 Å². The highest BCUT2D eigenvalue weighted by Gasteiger charge is 2.22. The van der Waals surface area contributed by atoms with E-state index < -0.39 is 0 Å². The third kappa shape index (κ3) is 4.32. The predicted octanol–water partition coefficient (Wildman–Crippen LogP) is 1.66. The lowest BCUT2D eigenvalue weighted by molar-refractivity contribution is 0.115. The Labute approximate surface area is 104 Å². The van der Waals surface area contributed by atoms with Crippen LogP contribution >= 0.6 is 11.8 Å². The maximum atomic E-state index is 9.11. The number of hydrogen-bond donors (Lipinski definition) is 0. The zero-order chi connectivity index (χ0) is 11.8. The van der Waals surface area contributed by atoms with Gasteiger partial charge in [-0.15, -0.1) is 0 Å². The molecule has 1 aliphatic rings. The number of piperazine rings is 1. The van der Waals surface area contributed by atoms with E-state index in [1.54, 1.807) is 0 Å². The highest BCUT2D eigenvalue weighted by molar-refractivity contribution is 7.98. The lowest BCUT2D eigenvalue weighted by Crippen LogP contribution is -2.50. The fourth-order valence-electron chi connectivity index (χ4n) is 2.12. The zero-order valence-corrected chi connectivity index (χ0v) is 11.3. The molecule has 1 aliphatic heterocycles. The molecule has 0 aromatic rings. The fourth-order valence-corrected chi connectivity index (χ4v) is 2.56. The van der Waals surface area contributed by atoms with Crippen molar-refractivity contribution in [2.75, 3.05) is 44.7 Å². The van der Waals surface area contributed by atoms with Gasteiger partial charge in [0.05, 0.1) is 12.1 Å². The molecule has 0 radical (unpaired) electrons. The monoisotopic (exact) mass is 241 g/mol. The summed E-state index contributed by atoms with van der Waals surface area (Å²) in [4.78, 5) is 4.85. The molecule has 1 fully saturated rings. The predicted molar refractivity (Wildman–Crippen MR) is 70.7 cm³/mol. The first-order valence-electron chi connectivity index (χ1n) is 6.16. The number of nitriles is 1. The van der Waals surface area contributed by atoms with Gasteiger partial charge in [-0.3, -0.25) is 9.80 Å². The van der Waals surface area contributed by atoms with Gasteiger partial charge >= 0.3 is 0 Å². The first kappa shape index (κ1) is 13.8. The largest absolute Gasteiger partial charge is 0.300 e. The van der Waals surface area contributed by atoms with Crippen molar-refractivity contribution in [1.29, 1.82) is 5.26 Å². The second-order valence-corrected chi connectivity index (χ2v) is 5.29. The standard InChI is InChI=1S/C12H23N3S/c1-3-4-12(11-13)15-7-5-14(6-8-15)9-10-16-2/h12H,3-10H2,1-2H3. The zero-order valence-electron chi connectivity index (χ0n) is 10.5. The second kappa shape index (κ2) is 7.94. The summed E-state index contributed by atoms with van der Waals surface area (Å²) in [5.74, 6) is 1.22. The van der Waals surface area contributed by atoms with Gasteiger partial charge in [0.25, 0.3) is 0 Å². The SMILES string of the molecule is CCCC(C#N)N1CCN(CCSC)CC1. The third-order valence-electron chi connectivity index (χ3n) is 3.17. The van der Waals surface area contributed by atoms with Gasteiger partial charge in [-0.05, 0) is 12.7 Å². The minimum Gasteiger partial charge on any atom is -0.300 e. The van der Waals surface area contributed by atoms with Gasteiger partial charge in [-0.25, -0.2) is 0 Å². The summed E-state index contributed by atoms with van der Waals surface area (Å²) in [6, 6.07) is 2.58. The Bertz CT molecular complexity index is 219. The Morgan fingerprint density at radius 2 is 2.00 bits per heavy atom. The summed E-state index contributed by atoms with van der Waals surface area (Å²) in [6.07, 6.45) is 4.27. The molecule has 92 valence electrons. The highest BCUT2D eigenvalue weighted by Crippen LogP contribution is 2.10. The first-order valence-corrected chi connectivity index (χ1v) is 7.56. The average Bonchev–Trinajstić information content (AvgIpc) is 2.34. The van der Waals surface area contributed by atoms with Crippen molar-refractivity contribution in [1.82, 2.24) is 9.80 Å². The Morgan fingerprint density at radius 1 is 1.31 bits per heavy atom. The van der Waals surface area contributed by atoms with E-state index in [-0.39, 0.29) is 6.04 Å². The van der Waals surface area contributed by atoms with Crippen molar-refractivity contribution in [2.45, 2.75) is 25.8 Å². The van der Waals surface area contributed by atoms with E-state index in [4.69, 9.17) is 5.26 Å². The first-order chi connectivity index (χ1) is 7.81. The molecule has 1 saturated heterocycles. The summed E-state index contributed by atoms with van der Waals surface area (Å²) in [6.45, 7) is 7.73. The van der Waals surface area contributed by atoms with Crippen molar-refractivity contribution in [2.24, 2.45) is 0 Å². The summed E-state index contributed by atoms with van der Waals surface area (Å²) < 4.78 is 0. The molecule has 0 aromatic heterocycles. The number of hydrogen-bond acceptors (Lipinski definition) is 4. The molecule has 0 spiro atoms. The van der Waals surface area contributed by atoms with E-state index in [2.05, 4.69) is 29.0 Å². The smallest absolute Gasteiger partial charge is 0.0978 e. The molecule has 0 aromatic carbocycles. The van der Waals surface area contributed by atoms with Crippen LogP contribution in [0.25, 0.3) is 0 Å². The van der Waals surface area contributed by atoms with Crippen LogP contribution in [0.3, 0.4) is 0 Å². The molecule has 4 heteroatoms. The molecule has 3 nitrogen and oxygen atoms in total. The number of nitrogens with zero attached hydrogens (tertiary/aromatic N) is 3. The Morgan fingerprint density at radius 3 is 2.50 bits per heavy atom. The van der Waals surface area contributed by atoms with Gasteiger partial charge in [-0.2, -0.15) is 17.0 Å². The lowest BCUT2D eigenvalue weighted by Gasteiger charge is -2.36. The maximum absolute atomic E-state index is 9.11. The van der Waals surface area contributed by atoms with Gasteiger partial charge in [0.2, 0.25) is 0 Å². The minimum absolute atomic E-state index is 0.146. The molecule has 1 rings (SSSR count). The Balaban J connectivity index is 2.28. The van der Waals surface area contributed by atoms with Crippen LogP contribution in [0.1, 0.15) is 19.8 Å². The van der Waals surface area contributed by atoms with Crippen molar-refractivity contribution in [3.8, 4) is 6.07 Å². The topological polar surface area (TPSA) is 30.3 Å². The van der Waals surface area contributed by atoms with Crippen LogP contribution in [0.15, 0.2) is 0 Å². The lowest BCUT2D eigenvalue weighted by atomic mass is 10.1. The van der Waals surface area contributed by atoms with Crippen molar-refractivity contribution in [3.63, 3.8) is 0 Å². The van der Waals surface area contributed by atoms with Crippen LogP contribution in [-0.2, 0) is 0 Å². The molecular weight excluding hydrogens is 218 g/mol. The fraction of sp³-hybridized carbons (Fsp3) is 0.917. The molecule has 16 heavy (non-hydrogen) atoms. The average molecular weight is 241 g/mol. The van der Waals surface area contributed by atoms with Crippen LogP contribution in [-0.4, -0.2) is 60.6 Å². The summed E-state index contributed by atoms with van der Waals surface area (Å²) in [5.41, 5.74) is 0. The summed E-state index contributed by atoms with van der Waals surface area (Å²) >= 11 is 1.91. The van der Waals surface area contributed by atoms with Crippen LogP contribution in [0.2, 0.25) is 0 Å². The van der Waals surface area contributed by atoms with E-state index in [1.807, 2.05) is 11.8 Å². The van der Waals surface area contributed by atoms with Gasteiger partial charge in [0.15, 0.2) is 0 Å². The number of thioether (sulfide) groups is 1. The number of rotatable bonds is 6. The molecule has 0 saturated carbocycles. The molecule has 1 heterocycles. The molecule has 1 atom stereocenters. The summed E-state index contributed by atoms with van der Waals surface area (Å²) in [5, 5.41) is 9.11. The molecule has 0 N–H and O–H groups in total. The van der Waals surface area contributed by atoms with Gasteiger partial charge in [0, 0.05) is 38.5 Å². The second-order valence-electron chi connectivity index (χ2n) is 4.30.